The molecule has 22 heavy (non-hydrogen) atoms. The number of nitrogens with zero attached hydrogens (tertiary/aromatic N) is 4. The van der Waals surface area contributed by atoms with Crippen LogP contribution in [-0.4, -0.2) is 33.8 Å². The Morgan fingerprint density at radius 1 is 1.36 bits per heavy atom. The molecule has 0 aliphatic rings. The van der Waals surface area contributed by atoms with Crippen molar-refractivity contribution in [2.75, 3.05) is 13.1 Å². The number of guanidine groups is 1. The van der Waals surface area contributed by atoms with E-state index in [-0.39, 0.29) is 24.0 Å². The highest BCUT2D eigenvalue weighted by Crippen LogP contribution is 2.08. The Morgan fingerprint density at radius 2 is 2.23 bits per heavy atom. The maximum atomic E-state index is 4.56. The van der Waals surface area contributed by atoms with Gasteiger partial charge in [-0.1, -0.05) is 6.07 Å². The summed E-state index contributed by atoms with van der Waals surface area (Å²) < 4.78 is 2.00. The summed E-state index contributed by atoms with van der Waals surface area (Å²) in [6.45, 7) is 7.23. The van der Waals surface area contributed by atoms with Crippen molar-refractivity contribution in [3.05, 3.63) is 34.5 Å². The van der Waals surface area contributed by atoms with Crippen LogP contribution in [0.1, 0.15) is 24.5 Å². The van der Waals surface area contributed by atoms with Crippen molar-refractivity contribution in [2.24, 2.45) is 4.99 Å². The van der Waals surface area contributed by atoms with Gasteiger partial charge in [-0.05, 0) is 31.7 Å². The zero-order chi connectivity index (χ0) is 14.9. The van der Waals surface area contributed by atoms with Crippen LogP contribution < -0.4 is 10.6 Å². The average molecular weight is 434 g/mol. The summed E-state index contributed by atoms with van der Waals surface area (Å²) in [5.41, 5.74) is 0. The molecule has 2 heterocycles. The second kappa shape index (κ2) is 10.5. The second-order valence-corrected chi connectivity index (χ2v) is 5.52. The fourth-order valence-corrected chi connectivity index (χ4v) is 2.62. The van der Waals surface area contributed by atoms with E-state index in [0.717, 1.165) is 37.8 Å². The predicted octanol–water partition coefficient (Wildman–Crippen LogP) is 2.28. The quantitative estimate of drug-likeness (QED) is 0.399. The number of nitrogens with one attached hydrogen (secondary N) is 2. The molecular weight excluding hydrogens is 411 g/mol. The number of aliphatic imine (C=N–C) groups is 1. The van der Waals surface area contributed by atoms with Gasteiger partial charge in [-0.3, -0.25) is 0 Å². The Hall–Kier alpha value is -1.16. The molecule has 0 aliphatic heterocycles. The first kappa shape index (κ1) is 18.9. The Bertz CT molecular complexity index is 551. The first-order chi connectivity index (χ1) is 10.3. The maximum Gasteiger partial charge on any atom is 0.191 e. The lowest BCUT2D eigenvalue weighted by Crippen LogP contribution is -2.38. The number of thiophene rings is 1. The Morgan fingerprint density at radius 3 is 2.91 bits per heavy atom. The summed E-state index contributed by atoms with van der Waals surface area (Å²) >= 11 is 1.78. The summed E-state index contributed by atoms with van der Waals surface area (Å²) in [6, 6.07) is 4.23. The largest absolute Gasteiger partial charge is 0.357 e. The van der Waals surface area contributed by atoms with Gasteiger partial charge in [0.15, 0.2) is 11.8 Å². The lowest BCUT2D eigenvalue weighted by molar-refractivity contribution is 0.694. The average Bonchev–Trinajstić information content (AvgIpc) is 3.15. The molecule has 122 valence electrons. The molecule has 2 rings (SSSR count). The molecule has 0 saturated heterocycles. The van der Waals surface area contributed by atoms with Crippen LogP contribution in [0.2, 0.25) is 0 Å². The van der Waals surface area contributed by atoms with Crippen molar-refractivity contribution in [3.8, 4) is 0 Å². The first-order valence-electron chi connectivity index (χ1n) is 7.24. The van der Waals surface area contributed by atoms with Crippen molar-refractivity contribution in [2.45, 2.75) is 33.4 Å². The van der Waals surface area contributed by atoms with Gasteiger partial charge in [0.2, 0.25) is 0 Å². The molecule has 8 heteroatoms. The van der Waals surface area contributed by atoms with E-state index in [4.69, 9.17) is 0 Å². The van der Waals surface area contributed by atoms with Crippen molar-refractivity contribution < 1.29 is 0 Å². The highest BCUT2D eigenvalue weighted by Gasteiger charge is 2.03. The van der Waals surface area contributed by atoms with Crippen LogP contribution in [0.5, 0.6) is 0 Å². The van der Waals surface area contributed by atoms with Crippen LogP contribution in [0.3, 0.4) is 0 Å². The standard InChI is InChI=1S/C14H22N6S.HI/c1-3-15-14(16-8-7-12-6-5-9-21-12)17-10-13-19-18-11-20(13)4-2;/h5-6,9,11H,3-4,7-8,10H2,1-2H3,(H2,15,16,17);1H. The molecule has 0 fully saturated rings. The van der Waals surface area contributed by atoms with Gasteiger partial charge in [0.25, 0.3) is 0 Å². The van der Waals surface area contributed by atoms with Gasteiger partial charge in [0.05, 0.1) is 0 Å². The minimum Gasteiger partial charge on any atom is -0.357 e. The number of hydrogen-bond acceptors (Lipinski definition) is 4. The van der Waals surface area contributed by atoms with E-state index >= 15 is 0 Å². The van der Waals surface area contributed by atoms with Crippen LogP contribution in [0, 0.1) is 0 Å². The lowest BCUT2D eigenvalue weighted by Gasteiger charge is -2.10. The van der Waals surface area contributed by atoms with Crippen molar-refractivity contribution in [3.63, 3.8) is 0 Å². The summed E-state index contributed by atoms with van der Waals surface area (Å²) in [5, 5.41) is 16.7. The molecular formula is C14H23IN6S. The SMILES string of the molecule is CCNC(=NCc1nncn1CC)NCCc1cccs1.I. The third kappa shape index (κ3) is 5.91. The monoisotopic (exact) mass is 434 g/mol. The minimum absolute atomic E-state index is 0. The van der Waals surface area contributed by atoms with E-state index in [1.54, 1.807) is 17.7 Å². The summed E-state index contributed by atoms with van der Waals surface area (Å²) in [7, 11) is 0. The van der Waals surface area contributed by atoms with Gasteiger partial charge < -0.3 is 15.2 Å². The van der Waals surface area contributed by atoms with Crippen LogP contribution >= 0.6 is 35.3 Å². The van der Waals surface area contributed by atoms with Gasteiger partial charge in [-0.15, -0.1) is 45.5 Å². The normalized spacial score (nSPS) is 11.1. The molecule has 0 bridgehead atoms. The molecule has 6 nitrogen and oxygen atoms in total. The van der Waals surface area contributed by atoms with Gasteiger partial charge >= 0.3 is 0 Å². The summed E-state index contributed by atoms with van der Waals surface area (Å²) in [5.74, 6) is 1.70. The first-order valence-corrected chi connectivity index (χ1v) is 8.12. The molecule has 0 radical (unpaired) electrons. The van der Waals surface area contributed by atoms with E-state index in [2.05, 4.69) is 57.2 Å². The fraction of sp³-hybridized carbons (Fsp3) is 0.500. The summed E-state index contributed by atoms with van der Waals surface area (Å²) in [4.78, 5) is 5.94. The van der Waals surface area contributed by atoms with E-state index in [1.165, 1.54) is 4.88 Å². The predicted molar refractivity (Wildman–Crippen MR) is 102 cm³/mol. The third-order valence-electron chi connectivity index (χ3n) is 3.00. The Labute approximate surface area is 152 Å². The van der Waals surface area contributed by atoms with E-state index in [0.29, 0.717) is 6.54 Å². The molecule has 0 aromatic carbocycles. The molecule has 0 aliphatic carbocycles. The fourth-order valence-electron chi connectivity index (χ4n) is 1.92. The highest BCUT2D eigenvalue weighted by molar-refractivity contribution is 14.0. The van der Waals surface area contributed by atoms with Gasteiger partial charge in [0.1, 0.15) is 12.9 Å². The minimum atomic E-state index is 0. The van der Waals surface area contributed by atoms with Crippen molar-refractivity contribution >= 4 is 41.3 Å². The van der Waals surface area contributed by atoms with Crippen LogP contribution in [-0.2, 0) is 19.5 Å². The molecule has 0 amide bonds. The molecule has 0 saturated carbocycles. The number of aromatic nitrogens is 3. The Kier molecular flexibility index (Phi) is 9.05. The molecule has 2 aromatic heterocycles. The molecule has 2 aromatic rings. The second-order valence-electron chi connectivity index (χ2n) is 4.48. The summed E-state index contributed by atoms with van der Waals surface area (Å²) in [6.07, 6.45) is 2.75. The van der Waals surface area contributed by atoms with E-state index < -0.39 is 0 Å². The zero-order valence-electron chi connectivity index (χ0n) is 13.0. The van der Waals surface area contributed by atoms with E-state index in [1.807, 2.05) is 4.57 Å². The topological polar surface area (TPSA) is 67.1 Å². The van der Waals surface area contributed by atoms with Crippen LogP contribution in [0.15, 0.2) is 28.8 Å². The molecule has 0 spiro atoms. The van der Waals surface area contributed by atoms with Crippen molar-refractivity contribution in [1.29, 1.82) is 0 Å². The van der Waals surface area contributed by atoms with E-state index in [9.17, 15) is 0 Å². The smallest absolute Gasteiger partial charge is 0.191 e. The number of halogens is 1. The molecule has 0 unspecified atom stereocenters. The number of hydrogen-bond donors (Lipinski definition) is 2. The highest BCUT2D eigenvalue weighted by atomic mass is 127. The number of aryl methyl sites for hydroxylation is 1. The molecule has 2 N–H and O–H groups in total. The lowest BCUT2D eigenvalue weighted by atomic mass is 10.3. The van der Waals surface area contributed by atoms with Crippen LogP contribution in [0.4, 0.5) is 0 Å². The third-order valence-corrected chi connectivity index (χ3v) is 3.94. The van der Waals surface area contributed by atoms with Crippen LogP contribution in [0.25, 0.3) is 0 Å². The van der Waals surface area contributed by atoms with Gasteiger partial charge in [-0.2, -0.15) is 0 Å². The van der Waals surface area contributed by atoms with Gasteiger partial charge in [-0.25, -0.2) is 4.99 Å². The Balaban J connectivity index is 0.00000242. The number of rotatable bonds is 7. The maximum absolute atomic E-state index is 4.56. The van der Waals surface area contributed by atoms with Crippen molar-refractivity contribution in [1.82, 2.24) is 25.4 Å². The van der Waals surface area contributed by atoms with Gasteiger partial charge in [0, 0.05) is 24.5 Å². The zero-order valence-corrected chi connectivity index (χ0v) is 16.1. The molecule has 0 atom stereocenters.